The molecule has 0 N–H and O–H groups in total. The summed E-state index contributed by atoms with van der Waals surface area (Å²) < 4.78 is 24.9. The zero-order valence-electron chi connectivity index (χ0n) is 6.56. The van der Waals surface area contributed by atoms with Crippen LogP contribution in [0.5, 0.6) is 0 Å². The first-order valence-corrected chi connectivity index (χ1v) is 4.57. The SMILES string of the molecule is CC(O[SH](=O)=O)c1c[c]ccc1. The van der Waals surface area contributed by atoms with Gasteiger partial charge >= 0.3 is 0 Å². The number of benzene rings is 1. The fourth-order valence-corrected chi connectivity index (χ4v) is 1.23. The van der Waals surface area contributed by atoms with Crippen molar-refractivity contribution in [3.05, 3.63) is 35.9 Å². The van der Waals surface area contributed by atoms with Crippen LogP contribution in [0.3, 0.4) is 0 Å². The monoisotopic (exact) mass is 185 g/mol. The van der Waals surface area contributed by atoms with Crippen LogP contribution in [0.15, 0.2) is 24.3 Å². The van der Waals surface area contributed by atoms with E-state index in [0.717, 1.165) is 5.56 Å². The highest BCUT2D eigenvalue weighted by Crippen LogP contribution is 2.14. The molecule has 1 aromatic carbocycles. The van der Waals surface area contributed by atoms with E-state index in [-0.39, 0.29) is 0 Å². The van der Waals surface area contributed by atoms with Gasteiger partial charge < -0.3 is 0 Å². The van der Waals surface area contributed by atoms with Crippen molar-refractivity contribution in [2.24, 2.45) is 0 Å². The predicted molar refractivity (Wildman–Crippen MR) is 45.1 cm³/mol. The number of rotatable bonds is 3. The number of hydrogen-bond acceptors (Lipinski definition) is 3. The van der Waals surface area contributed by atoms with E-state index in [1.54, 1.807) is 31.2 Å². The van der Waals surface area contributed by atoms with E-state index in [1.807, 2.05) is 0 Å². The Balaban J connectivity index is 2.71. The van der Waals surface area contributed by atoms with Crippen LogP contribution in [0.1, 0.15) is 18.6 Å². The summed E-state index contributed by atoms with van der Waals surface area (Å²) in [4.78, 5) is 0. The summed E-state index contributed by atoms with van der Waals surface area (Å²) in [7, 11) is -2.78. The second kappa shape index (κ2) is 4.23. The highest BCUT2D eigenvalue weighted by molar-refractivity contribution is 7.67. The minimum absolute atomic E-state index is 0.427. The average molecular weight is 185 g/mol. The molecule has 0 aliphatic heterocycles. The van der Waals surface area contributed by atoms with E-state index in [1.165, 1.54) is 0 Å². The van der Waals surface area contributed by atoms with E-state index < -0.39 is 17.1 Å². The van der Waals surface area contributed by atoms with E-state index in [0.29, 0.717) is 0 Å². The molecule has 0 spiro atoms. The zero-order valence-corrected chi connectivity index (χ0v) is 7.45. The molecular weight excluding hydrogens is 176 g/mol. The third-order valence-electron chi connectivity index (χ3n) is 1.44. The van der Waals surface area contributed by atoms with Gasteiger partial charge in [0.25, 0.3) is 11.0 Å². The first-order chi connectivity index (χ1) is 5.70. The van der Waals surface area contributed by atoms with Crippen molar-refractivity contribution in [3.63, 3.8) is 0 Å². The summed E-state index contributed by atoms with van der Waals surface area (Å²) in [6.07, 6.45) is -0.427. The van der Waals surface area contributed by atoms with E-state index in [2.05, 4.69) is 10.2 Å². The third-order valence-corrected chi connectivity index (χ3v) is 1.93. The molecule has 12 heavy (non-hydrogen) atoms. The smallest absolute Gasteiger partial charge is 0.257 e. The molecule has 0 aliphatic rings. The minimum Gasteiger partial charge on any atom is -0.264 e. The molecule has 1 rings (SSSR count). The maximum absolute atomic E-state index is 10.2. The summed E-state index contributed by atoms with van der Waals surface area (Å²) in [5, 5.41) is 0. The van der Waals surface area contributed by atoms with Crippen LogP contribution in [0.25, 0.3) is 0 Å². The van der Waals surface area contributed by atoms with Crippen LogP contribution >= 0.6 is 0 Å². The maximum Gasteiger partial charge on any atom is 0.257 e. The van der Waals surface area contributed by atoms with Crippen molar-refractivity contribution < 1.29 is 12.6 Å². The molecule has 0 saturated carbocycles. The summed E-state index contributed by atoms with van der Waals surface area (Å²) in [5.41, 5.74) is 0.803. The van der Waals surface area contributed by atoms with Crippen molar-refractivity contribution in [2.45, 2.75) is 13.0 Å². The predicted octanol–water partition coefficient (Wildman–Crippen LogP) is 1.09. The van der Waals surface area contributed by atoms with Gasteiger partial charge in [-0.05, 0) is 24.6 Å². The lowest BCUT2D eigenvalue weighted by Crippen LogP contribution is -1.97. The Morgan fingerprint density at radius 1 is 1.58 bits per heavy atom. The number of thiol groups is 1. The highest BCUT2D eigenvalue weighted by atomic mass is 32.2. The molecule has 1 atom stereocenters. The minimum atomic E-state index is -2.78. The Morgan fingerprint density at radius 3 is 2.83 bits per heavy atom. The first kappa shape index (κ1) is 9.22. The molecule has 4 heteroatoms. The normalized spacial score (nSPS) is 13.2. The lowest BCUT2D eigenvalue weighted by Gasteiger charge is -2.06. The zero-order chi connectivity index (χ0) is 8.97. The summed E-state index contributed by atoms with van der Waals surface area (Å²) in [6, 6.07) is 9.86. The summed E-state index contributed by atoms with van der Waals surface area (Å²) >= 11 is 0. The quantitative estimate of drug-likeness (QED) is 0.717. The molecule has 1 unspecified atom stereocenters. The molecular formula is C8H9O3S. The maximum atomic E-state index is 10.2. The molecule has 0 heterocycles. The molecule has 0 aliphatic carbocycles. The average Bonchev–Trinajstić information content (AvgIpc) is 2.05. The van der Waals surface area contributed by atoms with Gasteiger partial charge in [-0.2, -0.15) is 0 Å². The Kier molecular flexibility index (Phi) is 3.25. The second-order valence-electron chi connectivity index (χ2n) is 2.31. The fourth-order valence-electron chi connectivity index (χ4n) is 0.850. The fraction of sp³-hybridized carbons (Fsp3) is 0.250. The molecule has 0 amide bonds. The molecule has 3 nitrogen and oxygen atoms in total. The van der Waals surface area contributed by atoms with Gasteiger partial charge in [-0.3, -0.25) is 4.18 Å². The molecule has 0 fully saturated rings. The molecule has 0 saturated heterocycles. The van der Waals surface area contributed by atoms with E-state index in [4.69, 9.17) is 0 Å². The van der Waals surface area contributed by atoms with Crippen molar-refractivity contribution in [3.8, 4) is 0 Å². The van der Waals surface area contributed by atoms with Crippen LogP contribution in [0.2, 0.25) is 0 Å². The van der Waals surface area contributed by atoms with Crippen molar-refractivity contribution in [1.29, 1.82) is 0 Å². The van der Waals surface area contributed by atoms with Crippen molar-refractivity contribution in [1.82, 2.24) is 0 Å². The Morgan fingerprint density at radius 2 is 2.33 bits per heavy atom. The van der Waals surface area contributed by atoms with Gasteiger partial charge in [0, 0.05) is 0 Å². The molecule has 0 aromatic heterocycles. The summed E-state index contributed by atoms with van der Waals surface area (Å²) in [5.74, 6) is 0. The molecule has 1 radical (unpaired) electrons. The van der Waals surface area contributed by atoms with Crippen LogP contribution in [-0.2, 0) is 15.2 Å². The van der Waals surface area contributed by atoms with Gasteiger partial charge in [0.15, 0.2) is 0 Å². The van der Waals surface area contributed by atoms with E-state index >= 15 is 0 Å². The van der Waals surface area contributed by atoms with E-state index in [9.17, 15) is 8.42 Å². The third kappa shape index (κ3) is 2.64. The van der Waals surface area contributed by atoms with Gasteiger partial charge in [0.2, 0.25) is 0 Å². The highest BCUT2D eigenvalue weighted by Gasteiger charge is 2.04. The molecule has 1 aromatic rings. The lowest BCUT2D eigenvalue weighted by atomic mass is 10.1. The van der Waals surface area contributed by atoms with Crippen molar-refractivity contribution >= 4 is 11.0 Å². The van der Waals surface area contributed by atoms with Crippen molar-refractivity contribution in [2.75, 3.05) is 0 Å². The van der Waals surface area contributed by atoms with Gasteiger partial charge in [0.05, 0.1) is 6.10 Å². The van der Waals surface area contributed by atoms with Crippen LogP contribution < -0.4 is 0 Å². The second-order valence-corrected chi connectivity index (χ2v) is 2.97. The lowest BCUT2D eigenvalue weighted by molar-refractivity contribution is 0.245. The van der Waals surface area contributed by atoms with Gasteiger partial charge in [-0.25, -0.2) is 8.42 Å². The molecule has 0 bridgehead atoms. The van der Waals surface area contributed by atoms with Gasteiger partial charge in [-0.1, -0.05) is 18.2 Å². The Labute approximate surface area is 73.1 Å². The largest absolute Gasteiger partial charge is 0.264 e. The summed E-state index contributed by atoms with van der Waals surface area (Å²) in [6.45, 7) is 1.67. The first-order valence-electron chi connectivity index (χ1n) is 3.47. The Bertz CT molecular complexity index is 297. The standard InChI is InChI=1S/C8H9O3S/c1-7(11-12(9)10)8-5-3-2-4-6-8/h2-3,5-7,12H,1H3. The van der Waals surface area contributed by atoms with Gasteiger partial charge in [0.1, 0.15) is 0 Å². The topological polar surface area (TPSA) is 43.4 Å². The van der Waals surface area contributed by atoms with Gasteiger partial charge in [-0.15, -0.1) is 0 Å². The molecule has 65 valence electrons. The Hall–Kier alpha value is -0.870. The van der Waals surface area contributed by atoms with Crippen LogP contribution in [0, 0.1) is 6.07 Å². The van der Waals surface area contributed by atoms with Crippen LogP contribution in [0.4, 0.5) is 0 Å². The number of hydrogen-bond donors (Lipinski definition) is 1. The van der Waals surface area contributed by atoms with Crippen LogP contribution in [-0.4, -0.2) is 8.42 Å².